The molecular formula is C16H12N2O3S. The van der Waals surface area contributed by atoms with E-state index < -0.39 is 5.97 Å². The lowest BCUT2D eigenvalue weighted by atomic mass is 10.1. The summed E-state index contributed by atoms with van der Waals surface area (Å²) in [6.07, 6.45) is 0. The number of amides is 1. The van der Waals surface area contributed by atoms with Crippen molar-refractivity contribution in [1.82, 2.24) is 4.98 Å². The first-order valence-electron chi connectivity index (χ1n) is 6.52. The molecule has 3 rings (SSSR count). The van der Waals surface area contributed by atoms with Gasteiger partial charge in [0.05, 0.1) is 22.9 Å². The van der Waals surface area contributed by atoms with Crippen molar-refractivity contribution in [3.8, 4) is 0 Å². The molecule has 3 aromatic rings. The summed E-state index contributed by atoms with van der Waals surface area (Å²) in [6, 6.07) is 14.0. The van der Waals surface area contributed by atoms with Gasteiger partial charge in [-0.05, 0) is 30.3 Å². The van der Waals surface area contributed by atoms with Gasteiger partial charge in [0.15, 0.2) is 5.13 Å². The Balaban J connectivity index is 1.83. The van der Waals surface area contributed by atoms with Gasteiger partial charge in [-0.25, -0.2) is 9.78 Å². The van der Waals surface area contributed by atoms with Gasteiger partial charge >= 0.3 is 5.97 Å². The first kappa shape index (κ1) is 14.2. The van der Waals surface area contributed by atoms with Crippen LogP contribution in [0, 0.1) is 0 Å². The Morgan fingerprint density at radius 3 is 2.64 bits per heavy atom. The van der Waals surface area contributed by atoms with Crippen molar-refractivity contribution < 1.29 is 14.3 Å². The maximum atomic E-state index is 12.3. The van der Waals surface area contributed by atoms with E-state index in [0.717, 1.165) is 10.2 Å². The minimum atomic E-state index is -0.477. The smallest absolute Gasteiger partial charge is 0.337 e. The Hall–Kier alpha value is -2.73. The second-order valence-electron chi connectivity index (χ2n) is 4.51. The third-order valence-corrected chi connectivity index (χ3v) is 4.01. The number of anilines is 1. The van der Waals surface area contributed by atoms with E-state index in [4.69, 9.17) is 0 Å². The molecule has 110 valence electrons. The molecule has 0 spiro atoms. The topological polar surface area (TPSA) is 68.3 Å². The van der Waals surface area contributed by atoms with E-state index in [2.05, 4.69) is 15.0 Å². The monoisotopic (exact) mass is 312 g/mol. The van der Waals surface area contributed by atoms with Gasteiger partial charge in [-0.1, -0.05) is 29.5 Å². The zero-order valence-corrected chi connectivity index (χ0v) is 12.5. The second kappa shape index (κ2) is 5.95. The molecule has 0 saturated carbocycles. The minimum absolute atomic E-state index is 0.315. The number of para-hydroxylation sites is 1. The van der Waals surface area contributed by atoms with Crippen LogP contribution in [0.1, 0.15) is 20.7 Å². The molecule has 6 heteroatoms. The van der Waals surface area contributed by atoms with Crippen LogP contribution >= 0.6 is 11.3 Å². The number of methoxy groups -OCH3 is 1. The normalized spacial score (nSPS) is 10.4. The highest BCUT2D eigenvalue weighted by Gasteiger charge is 2.12. The molecule has 0 fully saturated rings. The van der Waals surface area contributed by atoms with Crippen LogP contribution in [0.15, 0.2) is 48.5 Å². The number of carbonyl (C=O) groups is 2. The molecule has 22 heavy (non-hydrogen) atoms. The second-order valence-corrected chi connectivity index (χ2v) is 5.54. The predicted molar refractivity (Wildman–Crippen MR) is 85.4 cm³/mol. The molecule has 0 aliphatic rings. The van der Waals surface area contributed by atoms with E-state index in [-0.39, 0.29) is 5.91 Å². The molecular weight excluding hydrogens is 300 g/mol. The van der Waals surface area contributed by atoms with E-state index in [9.17, 15) is 9.59 Å². The third-order valence-electron chi connectivity index (χ3n) is 3.06. The van der Waals surface area contributed by atoms with Crippen molar-refractivity contribution in [2.75, 3.05) is 12.4 Å². The summed E-state index contributed by atoms with van der Waals surface area (Å²) in [4.78, 5) is 28.1. The van der Waals surface area contributed by atoms with E-state index in [1.807, 2.05) is 24.3 Å². The first-order chi connectivity index (χ1) is 10.7. The number of nitrogens with one attached hydrogen (secondary N) is 1. The van der Waals surface area contributed by atoms with Gasteiger partial charge in [-0.15, -0.1) is 0 Å². The van der Waals surface area contributed by atoms with E-state index in [0.29, 0.717) is 16.3 Å². The van der Waals surface area contributed by atoms with Crippen LogP contribution in [0.3, 0.4) is 0 Å². The van der Waals surface area contributed by atoms with Crippen molar-refractivity contribution in [3.05, 3.63) is 59.7 Å². The third kappa shape index (κ3) is 2.82. The molecule has 1 heterocycles. The number of benzene rings is 2. The molecule has 1 aromatic heterocycles. The number of rotatable bonds is 3. The number of hydrogen-bond acceptors (Lipinski definition) is 5. The van der Waals surface area contributed by atoms with E-state index >= 15 is 0 Å². The summed E-state index contributed by atoms with van der Waals surface area (Å²) < 4.78 is 5.65. The number of fused-ring (bicyclic) bond motifs is 1. The largest absolute Gasteiger partial charge is 0.465 e. The molecule has 1 amide bonds. The van der Waals surface area contributed by atoms with Gasteiger partial charge in [0.1, 0.15) is 0 Å². The fourth-order valence-corrected chi connectivity index (χ4v) is 2.86. The lowest BCUT2D eigenvalue weighted by Gasteiger charge is -2.03. The van der Waals surface area contributed by atoms with Crippen LogP contribution in [0.5, 0.6) is 0 Å². The molecule has 1 N–H and O–H groups in total. The zero-order valence-electron chi connectivity index (χ0n) is 11.7. The Bertz CT molecular complexity index is 824. The van der Waals surface area contributed by atoms with Gasteiger partial charge in [0, 0.05) is 5.56 Å². The summed E-state index contributed by atoms with van der Waals surface area (Å²) in [5.41, 5.74) is 1.55. The molecule has 0 bridgehead atoms. The number of esters is 1. The van der Waals surface area contributed by atoms with Crippen molar-refractivity contribution >= 4 is 38.6 Å². The number of carbonyl (C=O) groups excluding carboxylic acids is 2. The number of ether oxygens (including phenoxy) is 1. The van der Waals surface area contributed by atoms with Crippen molar-refractivity contribution in [2.24, 2.45) is 0 Å². The molecule has 5 nitrogen and oxygen atoms in total. The number of thiazole rings is 1. The molecule has 0 unspecified atom stereocenters. The Morgan fingerprint density at radius 2 is 1.86 bits per heavy atom. The number of aromatic nitrogens is 1. The fourth-order valence-electron chi connectivity index (χ4n) is 2.00. The Morgan fingerprint density at radius 1 is 1.09 bits per heavy atom. The quantitative estimate of drug-likeness (QED) is 0.753. The average molecular weight is 312 g/mol. The van der Waals surface area contributed by atoms with Crippen molar-refractivity contribution in [2.45, 2.75) is 0 Å². The molecule has 2 aromatic carbocycles. The summed E-state index contributed by atoms with van der Waals surface area (Å²) in [6.45, 7) is 0. The lowest BCUT2D eigenvalue weighted by molar-refractivity contribution is 0.0600. The summed E-state index contributed by atoms with van der Waals surface area (Å²) in [5, 5.41) is 3.27. The SMILES string of the molecule is COC(=O)c1cccc(C(=O)Nc2nc3ccccc3s2)c1. The van der Waals surface area contributed by atoms with E-state index in [1.54, 1.807) is 18.2 Å². The molecule has 0 saturated heterocycles. The summed E-state index contributed by atoms with van der Waals surface area (Å²) in [5.74, 6) is -0.792. The molecule has 0 radical (unpaired) electrons. The van der Waals surface area contributed by atoms with E-state index in [1.165, 1.54) is 24.5 Å². The highest BCUT2D eigenvalue weighted by atomic mass is 32.1. The maximum Gasteiger partial charge on any atom is 0.337 e. The predicted octanol–water partition coefficient (Wildman–Crippen LogP) is 3.34. The molecule has 0 aliphatic heterocycles. The minimum Gasteiger partial charge on any atom is -0.465 e. The highest BCUT2D eigenvalue weighted by molar-refractivity contribution is 7.22. The van der Waals surface area contributed by atoms with Gasteiger partial charge in [-0.2, -0.15) is 0 Å². The number of nitrogens with zero attached hydrogens (tertiary/aromatic N) is 1. The van der Waals surface area contributed by atoms with Crippen LogP contribution in [0.2, 0.25) is 0 Å². The standard InChI is InChI=1S/C16H12N2O3S/c1-21-15(20)11-6-4-5-10(9-11)14(19)18-16-17-12-7-2-3-8-13(12)22-16/h2-9H,1H3,(H,17,18,19). The van der Waals surface area contributed by atoms with Crippen LogP contribution in [-0.4, -0.2) is 24.0 Å². The molecule has 0 atom stereocenters. The van der Waals surface area contributed by atoms with Crippen LogP contribution in [0.25, 0.3) is 10.2 Å². The Labute approximate surface area is 130 Å². The fraction of sp³-hybridized carbons (Fsp3) is 0.0625. The van der Waals surface area contributed by atoms with Crippen molar-refractivity contribution in [1.29, 1.82) is 0 Å². The van der Waals surface area contributed by atoms with Gasteiger partial charge < -0.3 is 4.74 Å². The molecule has 0 aliphatic carbocycles. The first-order valence-corrected chi connectivity index (χ1v) is 7.34. The van der Waals surface area contributed by atoms with Crippen LogP contribution in [0.4, 0.5) is 5.13 Å². The van der Waals surface area contributed by atoms with Gasteiger partial charge in [0.2, 0.25) is 0 Å². The highest BCUT2D eigenvalue weighted by Crippen LogP contribution is 2.25. The maximum absolute atomic E-state index is 12.3. The van der Waals surface area contributed by atoms with Gasteiger partial charge in [0.25, 0.3) is 5.91 Å². The summed E-state index contributed by atoms with van der Waals surface area (Å²) in [7, 11) is 1.30. The van der Waals surface area contributed by atoms with Gasteiger partial charge in [-0.3, -0.25) is 10.1 Å². The number of hydrogen-bond donors (Lipinski definition) is 1. The van der Waals surface area contributed by atoms with Crippen LogP contribution < -0.4 is 5.32 Å². The van der Waals surface area contributed by atoms with Crippen LogP contribution in [-0.2, 0) is 4.74 Å². The van der Waals surface area contributed by atoms with Crippen molar-refractivity contribution in [3.63, 3.8) is 0 Å². The zero-order chi connectivity index (χ0) is 15.5. The summed E-state index contributed by atoms with van der Waals surface area (Å²) >= 11 is 1.40. The average Bonchev–Trinajstić information content (AvgIpc) is 2.96. The Kier molecular flexibility index (Phi) is 3.84. The lowest BCUT2D eigenvalue weighted by Crippen LogP contribution is -2.12.